The summed E-state index contributed by atoms with van der Waals surface area (Å²) in [7, 11) is 1.32. The Bertz CT molecular complexity index is 1390. The summed E-state index contributed by atoms with van der Waals surface area (Å²) < 4.78 is 17.0. The number of methoxy groups -OCH3 is 1. The van der Waals surface area contributed by atoms with E-state index in [1.54, 1.807) is 6.92 Å². The fourth-order valence-electron chi connectivity index (χ4n) is 5.75. The second-order valence-electron chi connectivity index (χ2n) is 10.2. The molecule has 12 nitrogen and oxygen atoms in total. The van der Waals surface area contributed by atoms with Crippen LogP contribution >= 0.6 is 24.8 Å². The number of carbonyl (C=O) groups excluding carboxylic acids is 3. The lowest BCUT2D eigenvalue weighted by Gasteiger charge is -2.42. The fraction of sp³-hybridized carbons (Fsp3) is 0.444. The molecule has 0 radical (unpaired) electrons. The maximum atomic E-state index is 13.6. The van der Waals surface area contributed by atoms with E-state index >= 15 is 0 Å². The molecule has 2 aromatic carbocycles. The number of hydrogen-bond acceptors (Lipinski definition) is 12. The first kappa shape index (κ1) is 32.7. The van der Waals surface area contributed by atoms with E-state index in [-0.39, 0.29) is 59.2 Å². The first-order valence-corrected chi connectivity index (χ1v) is 12.4. The van der Waals surface area contributed by atoms with E-state index in [1.807, 2.05) is 0 Å². The number of Topliss-reactive ketones (excluding diaryl/α,β-unsaturated/α-hetero) is 1. The maximum Gasteiger partial charge on any atom is 0.202 e. The van der Waals surface area contributed by atoms with Gasteiger partial charge < -0.3 is 45.5 Å². The molecule has 3 aliphatic rings. The first-order chi connectivity index (χ1) is 18.4. The molecule has 14 heteroatoms. The number of rotatable bonds is 5. The fourth-order valence-corrected chi connectivity index (χ4v) is 5.75. The molecule has 5 rings (SSSR count). The minimum absolute atomic E-state index is 0. The molecular weight excluding hydrogens is 585 g/mol. The zero-order chi connectivity index (χ0) is 28.4. The summed E-state index contributed by atoms with van der Waals surface area (Å²) in [6.07, 6.45) is -5.12. The van der Waals surface area contributed by atoms with Gasteiger partial charge in [0, 0.05) is 42.0 Å². The van der Waals surface area contributed by atoms with Gasteiger partial charge in [0.1, 0.15) is 29.5 Å². The lowest BCUT2D eigenvalue weighted by atomic mass is 9.72. The molecule has 224 valence electrons. The molecule has 2 aliphatic carbocycles. The van der Waals surface area contributed by atoms with E-state index in [0.717, 1.165) is 0 Å². The Morgan fingerprint density at radius 3 is 2.39 bits per heavy atom. The zero-order valence-corrected chi connectivity index (χ0v) is 23.7. The molecular formula is C27H31Cl2NO11. The van der Waals surface area contributed by atoms with E-state index < -0.39 is 95.7 Å². The number of hydrogen-bond donors (Lipinski definition) is 6. The first-order valence-electron chi connectivity index (χ1n) is 12.4. The number of fused-ring (bicyclic) bond motifs is 3. The second kappa shape index (κ2) is 11.8. The molecule has 4 unspecified atom stereocenters. The Kier molecular flexibility index (Phi) is 9.43. The molecule has 1 heterocycles. The van der Waals surface area contributed by atoms with Crippen molar-refractivity contribution in [1.29, 1.82) is 0 Å². The van der Waals surface area contributed by atoms with Gasteiger partial charge in [0.05, 0.1) is 42.1 Å². The Morgan fingerprint density at radius 2 is 1.78 bits per heavy atom. The quantitative estimate of drug-likeness (QED) is 0.221. The Hall–Kier alpha value is -2.81. The number of ether oxygens (including phenoxy) is 3. The van der Waals surface area contributed by atoms with Gasteiger partial charge in [-0.3, -0.25) is 14.4 Å². The van der Waals surface area contributed by atoms with Crippen molar-refractivity contribution in [3.8, 4) is 17.2 Å². The number of aliphatic hydroxyl groups is 3. The smallest absolute Gasteiger partial charge is 0.202 e. The summed E-state index contributed by atoms with van der Waals surface area (Å²) in [6, 6.07) is 3.64. The lowest BCUT2D eigenvalue weighted by Crippen LogP contribution is -2.53. The predicted octanol–water partition coefficient (Wildman–Crippen LogP) is 0.845. The molecule has 41 heavy (non-hydrogen) atoms. The van der Waals surface area contributed by atoms with Gasteiger partial charge in [-0.15, -0.1) is 24.8 Å². The summed E-state index contributed by atoms with van der Waals surface area (Å²) in [5, 5.41) is 53.7. The summed E-state index contributed by atoms with van der Waals surface area (Å²) in [5.41, 5.74) is 2.37. The van der Waals surface area contributed by atoms with Crippen LogP contribution in [0.3, 0.4) is 0 Å². The van der Waals surface area contributed by atoms with E-state index in [0.29, 0.717) is 0 Å². The minimum atomic E-state index is -2.24. The van der Waals surface area contributed by atoms with Crippen LogP contribution in [0.25, 0.3) is 0 Å². The average molecular weight is 616 g/mol. The van der Waals surface area contributed by atoms with Crippen molar-refractivity contribution in [2.24, 2.45) is 5.73 Å². The number of phenols is 2. The van der Waals surface area contributed by atoms with E-state index in [4.69, 9.17) is 19.9 Å². The van der Waals surface area contributed by atoms with Crippen molar-refractivity contribution in [3.05, 3.63) is 51.6 Å². The van der Waals surface area contributed by atoms with Crippen LogP contribution in [0, 0.1) is 0 Å². The van der Waals surface area contributed by atoms with Crippen LogP contribution in [-0.2, 0) is 20.7 Å². The SMILES string of the molecule is COc1cccc2c1C(=O)c1c(O)c3c(c(O)c1C2=O)C[C@@](O)(C(=O)CO)C[C@@H]3OC1CC(N)C(O)C(C)O1.Cl.Cl. The van der Waals surface area contributed by atoms with E-state index in [2.05, 4.69) is 0 Å². The molecule has 0 bridgehead atoms. The molecule has 0 saturated carbocycles. The number of aliphatic hydroxyl groups excluding tert-OH is 2. The number of carbonyl (C=O) groups is 3. The number of phenolic OH excluding ortho intramolecular Hbond substituents is 2. The predicted molar refractivity (Wildman–Crippen MR) is 146 cm³/mol. The molecule has 1 aliphatic heterocycles. The van der Waals surface area contributed by atoms with Crippen LogP contribution < -0.4 is 10.5 Å². The van der Waals surface area contributed by atoms with E-state index in [9.17, 15) is 39.9 Å². The zero-order valence-electron chi connectivity index (χ0n) is 22.0. The van der Waals surface area contributed by atoms with Gasteiger partial charge in [0.15, 0.2) is 17.9 Å². The Labute approximate surface area is 246 Å². The average Bonchev–Trinajstić information content (AvgIpc) is 2.90. The molecule has 7 N–H and O–H groups in total. The molecule has 0 amide bonds. The summed E-state index contributed by atoms with van der Waals surface area (Å²) in [4.78, 5) is 39.7. The van der Waals surface area contributed by atoms with Crippen molar-refractivity contribution >= 4 is 42.2 Å². The second-order valence-corrected chi connectivity index (χ2v) is 10.2. The summed E-state index contributed by atoms with van der Waals surface area (Å²) in [5.74, 6) is -3.77. The van der Waals surface area contributed by atoms with Crippen molar-refractivity contribution in [2.45, 2.75) is 62.4 Å². The van der Waals surface area contributed by atoms with Crippen molar-refractivity contribution < 1.29 is 54.1 Å². The van der Waals surface area contributed by atoms with Gasteiger partial charge >= 0.3 is 0 Å². The van der Waals surface area contributed by atoms with Crippen LogP contribution in [-0.4, -0.2) is 86.7 Å². The van der Waals surface area contributed by atoms with Gasteiger partial charge in [-0.25, -0.2) is 0 Å². The molecule has 2 aromatic rings. The highest BCUT2D eigenvalue weighted by Crippen LogP contribution is 2.52. The van der Waals surface area contributed by atoms with Crippen molar-refractivity contribution in [2.75, 3.05) is 13.7 Å². The lowest BCUT2D eigenvalue weighted by molar-refractivity contribution is -0.247. The number of ketones is 3. The molecule has 0 spiro atoms. The van der Waals surface area contributed by atoms with Gasteiger partial charge in [-0.2, -0.15) is 0 Å². The van der Waals surface area contributed by atoms with Gasteiger partial charge in [0.2, 0.25) is 5.78 Å². The molecule has 1 saturated heterocycles. The number of benzene rings is 2. The van der Waals surface area contributed by atoms with Gasteiger partial charge in [0.25, 0.3) is 0 Å². The third-order valence-corrected chi connectivity index (χ3v) is 7.81. The highest BCUT2D eigenvalue weighted by Gasteiger charge is 2.50. The molecule has 6 atom stereocenters. The standard InChI is InChI=1S/C27H29NO11.2ClH/c1-10-22(31)13(28)6-17(38-10)39-15-8-27(36,16(30)9-29)7-12-19(15)26(35)21-20(24(12)33)23(32)11-4-3-5-14(37-2)18(11)25(21)34;;/h3-5,10,13,15,17,22,29,31,33,35-36H,6-9,28H2,1-2H3;2*1H/t10?,13?,15-,17?,22?,27-;;/m0../s1. The molecule has 1 fully saturated rings. The van der Waals surface area contributed by atoms with Gasteiger partial charge in [-0.1, -0.05) is 12.1 Å². The highest BCUT2D eigenvalue weighted by molar-refractivity contribution is 6.31. The maximum absolute atomic E-state index is 13.6. The van der Waals surface area contributed by atoms with E-state index in [1.165, 1.54) is 25.3 Å². The van der Waals surface area contributed by atoms with Crippen molar-refractivity contribution in [1.82, 2.24) is 0 Å². The minimum Gasteiger partial charge on any atom is -0.507 e. The third kappa shape index (κ3) is 5.08. The summed E-state index contributed by atoms with van der Waals surface area (Å²) in [6.45, 7) is 0.560. The third-order valence-electron chi connectivity index (χ3n) is 7.81. The van der Waals surface area contributed by atoms with Crippen LogP contribution in [0.15, 0.2) is 18.2 Å². The largest absolute Gasteiger partial charge is 0.507 e. The van der Waals surface area contributed by atoms with Crippen LogP contribution in [0.5, 0.6) is 17.2 Å². The Morgan fingerprint density at radius 1 is 1.12 bits per heavy atom. The summed E-state index contributed by atoms with van der Waals surface area (Å²) >= 11 is 0. The normalized spacial score (nSPS) is 28.4. The number of halogens is 2. The Balaban J connectivity index is 0.00000231. The number of nitrogens with two attached hydrogens (primary N) is 1. The van der Waals surface area contributed by atoms with Crippen LogP contribution in [0.4, 0.5) is 0 Å². The van der Waals surface area contributed by atoms with Gasteiger partial charge in [-0.05, 0) is 13.0 Å². The van der Waals surface area contributed by atoms with Crippen LogP contribution in [0.2, 0.25) is 0 Å². The molecule has 0 aromatic heterocycles. The number of aromatic hydroxyl groups is 2. The monoisotopic (exact) mass is 615 g/mol. The topological polar surface area (TPSA) is 206 Å². The van der Waals surface area contributed by atoms with Crippen LogP contribution in [0.1, 0.15) is 68.8 Å². The van der Waals surface area contributed by atoms with Crippen molar-refractivity contribution in [3.63, 3.8) is 0 Å². The highest BCUT2D eigenvalue weighted by atomic mass is 35.5.